The molecular weight excluding hydrogens is 456 g/mol. The number of carboxylic acid groups (broad SMARTS) is 1. The Kier molecular flexibility index (Phi) is 7.10. The van der Waals surface area contributed by atoms with E-state index < -0.39 is 5.97 Å². The lowest BCUT2D eigenvalue weighted by Gasteiger charge is -2.57. The molecular formula is C29H36N2O3S. The van der Waals surface area contributed by atoms with Crippen LogP contribution in [0.2, 0.25) is 0 Å². The Morgan fingerprint density at radius 3 is 2.26 bits per heavy atom. The van der Waals surface area contributed by atoms with Crippen LogP contribution in [0.1, 0.15) is 63.9 Å². The van der Waals surface area contributed by atoms with Crippen molar-refractivity contribution in [2.45, 2.75) is 80.0 Å². The van der Waals surface area contributed by atoms with Crippen LogP contribution < -0.4 is 10.2 Å². The van der Waals surface area contributed by atoms with Gasteiger partial charge in [0.1, 0.15) is 0 Å². The highest BCUT2D eigenvalue weighted by atomic mass is 32.2. The van der Waals surface area contributed by atoms with Gasteiger partial charge in [0.05, 0.1) is 6.42 Å². The number of urea groups is 1. The Hall–Kier alpha value is -2.47. The average molecular weight is 493 g/mol. The zero-order chi connectivity index (χ0) is 24.4. The molecule has 2 amide bonds. The van der Waals surface area contributed by atoms with E-state index in [4.69, 9.17) is 5.11 Å². The lowest BCUT2D eigenvalue weighted by molar-refractivity contribution is -0.136. The van der Waals surface area contributed by atoms with Gasteiger partial charge < -0.3 is 10.4 Å². The van der Waals surface area contributed by atoms with Gasteiger partial charge >= 0.3 is 12.0 Å². The summed E-state index contributed by atoms with van der Waals surface area (Å²) in [5.41, 5.74) is 1.73. The average Bonchev–Trinajstić information content (AvgIpc) is 2.79. The third-order valence-electron chi connectivity index (χ3n) is 8.03. The summed E-state index contributed by atoms with van der Waals surface area (Å²) in [6.45, 7) is 2.88. The van der Waals surface area contributed by atoms with Gasteiger partial charge in [0, 0.05) is 27.6 Å². The van der Waals surface area contributed by atoms with Crippen molar-refractivity contribution in [2.75, 3.05) is 11.4 Å². The van der Waals surface area contributed by atoms with Crippen LogP contribution in [0.4, 0.5) is 10.5 Å². The third kappa shape index (κ3) is 5.69. The van der Waals surface area contributed by atoms with Gasteiger partial charge in [-0.15, -0.1) is 0 Å². The molecule has 0 atom stereocenters. The molecule has 0 aliphatic heterocycles. The molecule has 4 fully saturated rings. The number of carboxylic acids is 1. The summed E-state index contributed by atoms with van der Waals surface area (Å²) >= 11 is 1.63. The molecule has 4 saturated carbocycles. The van der Waals surface area contributed by atoms with Gasteiger partial charge in [-0.05, 0) is 98.6 Å². The minimum atomic E-state index is -0.822. The van der Waals surface area contributed by atoms with E-state index in [1.807, 2.05) is 41.3 Å². The van der Waals surface area contributed by atoms with Crippen LogP contribution in [0.5, 0.6) is 0 Å². The van der Waals surface area contributed by atoms with Gasteiger partial charge in [0.15, 0.2) is 0 Å². The molecule has 6 heteroatoms. The summed E-state index contributed by atoms with van der Waals surface area (Å²) in [6.07, 6.45) is 9.60. The normalized spacial score (nSPS) is 26.5. The largest absolute Gasteiger partial charge is 0.481 e. The zero-order valence-corrected chi connectivity index (χ0v) is 21.4. The number of hydrogen-bond donors (Lipinski definition) is 2. The Bertz CT molecular complexity index is 1030. The van der Waals surface area contributed by atoms with Crippen molar-refractivity contribution in [1.29, 1.82) is 0 Å². The highest BCUT2D eigenvalue weighted by Crippen LogP contribution is 2.55. The Morgan fingerprint density at radius 1 is 1.00 bits per heavy atom. The van der Waals surface area contributed by atoms with Crippen LogP contribution in [-0.4, -0.2) is 29.2 Å². The molecule has 0 aromatic heterocycles. The minimum Gasteiger partial charge on any atom is -0.481 e. The van der Waals surface area contributed by atoms with E-state index in [1.54, 1.807) is 11.8 Å². The number of rotatable bonds is 9. The second-order valence-corrected chi connectivity index (χ2v) is 12.1. The molecule has 0 saturated heterocycles. The summed E-state index contributed by atoms with van der Waals surface area (Å²) in [6, 6.07) is 15.9. The summed E-state index contributed by atoms with van der Waals surface area (Å²) in [5, 5.41) is 12.5. The van der Waals surface area contributed by atoms with Gasteiger partial charge in [-0.1, -0.05) is 43.3 Å². The first-order valence-electron chi connectivity index (χ1n) is 13.1. The zero-order valence-electron chi connectivity index (χ0n) is 20.5. The summed E-state index contributed by atoms with van der Waals surface area (Å²) < 4.78 is 0. The van der Waals surface area contributed by atoms with Crippen LogP contribution in [0.25, 0.3) is 0 Å². The smallest absolute Gasteiger partial charge is 0.322 e. The van der Waals surface area contributed by atoms with Gasteiger partial charge in [-0.2, -0.15) is 0 Å². The molecule has 6 rings (SSSR count). The predicted octanol–water partition coefficient (Wildman–Crippen LogP) is 6.75. The SMILES string of the molecule is CCCCN(C(=O)NC12CC3CC(CC(C3)C1)C2)c1cccc(Sc2ccc(CC(=O)O)cc2)c1. The lowest BCUT2D eigenvalue weighted by atomic mass is 9.53. The molecule has 2 aromatic carbocycles. The van der Waals surface area contributed by atoms with Crippen molar-refractivity contribution in [2.24, 2.45) is 17.8 Å². The van der Waals surface area contributed by atoms with Crippen LogP contribution in [-0.2, 0) is 11.2 Å². The van der Waals surface area contributed by atoms with E-state index in [0.29, 0.717) is 6.54 Å². The van der Waals surface area contributed by atoms with Gasteiger partial charge in [-0.25, -0.2) is 4.79 Å². The Morgan fingerprint density at radius 2 is 1.66 bits per heavy atom. The molecule has 0 unspecified atom stereocenters. The van der Waals surface area contributed by atoms with Crippen molar-refractivity contribution in [3.05, 3.63) is 54.1 Å². The van der Waals surface area contributed by atoms with Crippen molar-refractivity contribution in [3.63, 3.8) is 0 Å². The number of unbranched alkanes of at least 4 members (excludes halogenated alkanes) is 1. The van der Waals surface area contributed by atoms with Gasteiger partial charge in [-0.3, -0.25) is 9.69 Å². The fraction of sp³-hybridized carbons (Fsp3) is 0.517. The number of carbonyl (C=O) groups excluding carboxylic acids is 1. The number of hydrogen-bond acceptors (Lipinski definition) is 3. The first-order valence-corrected chi connectivity index (χ1v) is 13.9. The van der Waals surface area contributed by atoms with E-state index in [1.165, 1.54) is 19.3 Å². The number of carbonyl (C=O) groups is 2. The molecule has 186 valence electrons. The monoisotopic (exact) mass is 492 g/mol. The van der Waals surface area contributed by atoms with Crippen molar-refractivity contribution < 1.29 is 14.7 Å². The van der Waals surface area contributed by atoms with E-state index in [9.17, 15) is 9.59 Å². The van der Waals surface area contributed by atoms with Crippen molar-refractivity contribution in [1.82, 2.24) is 5.32 Å². The van der Waals surface area contributed by atoms with E-state index >= 15 is 0 Å². The fourth-order valence-electron chi connectivity index (χ4n) is 6.92. The molecule has 4 aliphatic carbocycles. The highest BCUT2D eigenvalue weighted by Gasteiger charge is 2.51. The highest BCUT2D eigenvalue weighted by molar-refractivity contribution is 7.99. The van der Waals surface area contributed by atoms with Gasteiger partial charge in [0.25, 0.3) is 0 Å². The Labute approximate surface area is 212 Å². The number of nitrogens with zero attached hydrogens (tertiary/aromatic N) is 1. The number of anilines is 1. The molecule has 5 nitrogen and oxygen atoms in total. The topological polar surface area (TPSA) is 69.6 Å². The maximum absolute atomic E-state index is 13.7. The van der Waals surface area contributed by atoms with E-state index in [0.717, 1.165) is 70.9 Å². The molecule has 4 bridgehead atoms. The van der Waals surface area contributed by atoms with Crippen molar-refractivity contribution >= 4 is 29.4 Å². The summed E-state index contributed by atoms with van der Waals surface area (Å²) in [4.78, 5) is 28.7. The molecule has 4 aliphatic rings. The Balaban J connectivity index is 1.30. The molecule has 2 aromatic rings. The van der Waals surface area contributed by atoms with E-state index in [-0.39, 0.29) is 18.0 Å². The summed E-state index contributed by atoms with van der Waals surface area (Å²) in [7, 11) is 0. The predicted molar refractivity (Wildman–Crippen MR) is 140 cm³/mol. The third-order valence-corrected chi connectivity index (χ3v) is 9.03. The first kappa shape index (κ1) is 24.2. The number of aliphatic carboxylic acids is 1. The molecule has 0 spiro atoms. The maximum Gasteiger partial charge on any atom is 0.322 e. The minimum absolute atomic E-state index is 0.000353. The van der Waals surface area contributed by atoms with Crippen LogP contribution in [0, 0.1) is 17.8 Å². The molecule has 0 heterocycles. The van der Waals surface area contributed by atoms with Gasteiger partial charge in [0.2, 0.25) is 0 Å². The van der Waals surface area contributed by atoms with E-state index in [2.05, 4.69) is 24.4 Å². The molecule has 35 heavy (non-hydrogen) atoms. The summed E-state index contributed by atoms with van der Waals surface area (Å²) in [5.74, 6) is 1.57. The lowest BCUT2D eigenvalue weighted by Crippen LogP contribution is -2.62. The number of amides is 2. The van der Waals surface area contributed by atoms with Crippen LogP contribution in [0.3, 0.4) is 0 Å². The quantitative estimate of drug-likeness (QED) is 0.406. The van der Waals surface area contributed by atoms with Crippen molar-refractivity contribution in [3.8, 4) is 0 Å². The molecule has 2 N–H and O–H groups in total. The first-order chi connectivity index (χ1) is 16.9. The van der Waals surface area contributed by atoms with Crippen LogP contribution in [0.15, 0.2) is 58.3 Å². The number of benzene rings is 2. The second-order valence-electron chi connectivity index (χ2n) is 10.9. The molecule has 0 radical (unpaired) electrons. The fourth-order valence-corrected chi connectivity index (χ4v) is 7.79. The second kappa shape index (κ2) is 10.3. The number of nitrogens with one attached hydrogen (secondary N) is 1. The van der Waals surface area contributed by atoms with Crippen LogP contribution >= 0.6 is 11.8 Å². The standard InChI is InChI=1S/C29H36N2O3S/c1-2-3-11-31(28(34)30-29-17-21-12-22(18-29)14-23(13-21)19-29)24-5-4-6-26(16-24)35-25-9-7-20(8-10-25)15-27(32)33/h4-10,16,21-23H,2-3,11-15,17-19H2,1H3,(H,30,34)(H,32,33). The maximum atomic E-state index is 13.7.